The number of ether oxygens (including phenoxy) is 2. The topological polar surface area (TPSA) is 142 Å². The summed E-state index contributed by atoms with van der Waals surface area (Å²) in [5.74, 6) is -1.73. The van der Waals surface area contributed by atoms with Crippen molar-refractivity contribution in [1.82, 2.24) is 14.8 Å². The normalized spacial score (nSPS) is 15.7. The van der Waals surface area contributed by atoms with E-state index < -0.39 is 52.7 Å². The number of amides is 2. The Morgan fingerprint density at radius 3 is 2.43 bits per heavy atom. The van der Waals surface area contributed by atoms with Crippen LogP contribution in [0.25, 0.3) is 0 Å². The molecule has 270 valence electrons. The van der Waals surface area contributed by atoms with Gasteiger partial charge in [-0.2, -0.15) is 18.4 Å². The minimum Gasteiger partial charge on any atom is -0.489 e. The lowest BCUT2D eigenvalue weighted by Gasteiger charge is -2.36. The van der Waals surface area contributed by atoms with Gasteiger partial charge >= 0.3 is 12.1 Å². The van der Waals surface area contributed by atoms with Crippen LogP contribution >= 0.6 is 0 Å². The molecule has 0 aliphatic carbocycles. The number of hydrogen-bond acceptors (Lipinski definition) is 9. The van der Waals surface area contributed by atoms with E-state index in [0.29, 0.717) is 60.7 Å². The van der Waals surface area contributed by atoms with E-state index in [1.807, 2.05) is 4.90 Å². The zero-order valence-corrected chi connectivity index (χ0v) is 28.4. The van der Waals surface area contributed by atoms with Crippen molar-refractivity contribution in [2.24, 2.45) is 5.73 Å². The van der Waals surface area contributed by atoms with Gasteiger partial charge in [0.25, 0.3) is 5.91 Å². The summed E-state index contributed by atoms with van der Waals surface area (Å²) in [6, 6.07) is 11.1. The van der Waals surface area contributed by atoms with Crippen LogP contribution in [-0.2, 0) is 40.2 Å². The van der Waals surface area contributed by atoms with Gasteiger partial charge in [0.2, 0.25) is 5.91 Å². The molecule has 0 saturated carbocycles. The lowest BCUT2D eigenvalue weighted by atomic mass is 10.1. The molecular weight excluding hydrogens is 672 g/mol. The van der Waals surface area contributed by atoms with Gasteiger partial charge in [0, 0.05) is 55.8 Å². The molecule has 0 spiro atoms. The van der Waals surface area contributed by atoms with Crippen LogP contribution in [0.1, 0.15) is 71.9 Å². The van der Waals surface area contributed by atoms with Crippen molar-refractivity contribution in [1.29, 1.82) is 5.26 Å². The fourth-order valence-corrected chi connectivity index (χ4v) is 6.12. The van der Waals surface area contributed by atoms with Gasteiger partial charge in [-0.1, -0.05) is 18.2 Å². The van der Waals surface area contributed by atoms with Crippen LogP contribution in [-0.4, -0.2) is 70.4 Å². The molecular formula is C36H38F4N6O5. The molecule has 0 radical (unpaired) electrons. The molecule has 0 bridgehead atoms. The number of nitriles is 1. The zero-order valence-electron chi connectivity index (χ0n) is 28.4. The number of esters is 1. The number of halogens is 4. The molecule has 1 fully saturated rings. The first-order chi connectivity index (χ1) is 24.0. The highest BCUT2D eigenvalue weighted by atomic mass is 19.4. The Morgan fingerprint density at radius 1 is 1.08 bits per heavy atom. The Morgan fingerprint density at radius 2 is 1.80 bits per heavy atom. The number of benzene rings is 2. The molecule has 11 nitrogen and oxygen atoms in total. The van der Waals surface area contributed by atoms with Gasteiger partial charge < -0.3 is 25.0 Å². The zero-order chi connectivity index (χ0) is 37.1. The third-order valence-corrected chi connectivity index (χ3v) is 8.63. The van der Waals surface area contributed by atoms with Crippen LogP contribution < -0.4 is 15.4 Å². The van der Waals surface area contributed by atoms with Gasteiger partial charge in [0.15, 0.2) is 5.69 Å². The number of pyridine rings is 1. The van der Waals surface area contributed by atoms with Crippen molar-refractivity contribution in [3.63, 3.8) is 0 Å². The van der Waals surface area contributed by atoms with Crippen molar-refractivity contribution >= 4 is 23.5 Å². The van der Waals surface area contributed by atoms with Gasteiger partial charge in [-0.15, -0.1) is 0 Å². The summed E-state index contributed by atoms with van der Waals surface area (Å²) in [5.41, 5.74) is 5.33. The number of carbonyl (C=O) groups is 3. The van der Waals surface area contributed by atoms with E-state index in [-0.39, 0.29) is 31.7 Å². The molecule has 0 unspecified atom stereocenters. The first kappa shape index (κ1) is 37.0. The standard InChI is InChI=1S/C36H38F4N6O5/c1-35(2,3)51-32(47)10-9-30(33(42)48)46-20-26-25(34(46)49)5-4-6-31(26)50-21-22-7-8-23(28(37)15-22)19-44-11-13-45(14-12-44)24-16-27(36(38,39)40)29(17-41)43-18-24/h4-8,15-16,18,30H,9-14,19-21H2,1-3H3,(H2,42,48)/t30-/m0/s1. The molecule has 2 N–H and O–H groups in total. The summed E-state index contributed by atoms with van der Waals surface area (Å²) in [6.07, 6.45) is -3.55. The third kappa shape index (κ3) is 8.93. The highest BCUT2D eigenvalue weighted by Crippen LogP contribution is 2.35. The number of hydrogen-bond donors (Lipinski definition) is 1. The van der Waals surface area contributed by atoms with Gasteiger partial charge in [-0.05, 0) is 57.0 Å². The second kappa shape index (κ2) is 14.9. The number of alkyl halides is 3. The van der Waals surface area contributed by atoms with E-state index in [1.54, 1.807) is 56.0 Å². The highest BCUT2D eigenvalue weighted by Gasteiger charge is 2.38. The van der Waals surface area contributed by atoms with Crippen molar-refractivity contribution in [3.05, 3.63) is 88.0 Å². The third-order valence-electron chi connectivity index (χ3n) is 8.63. The van der Waals surface area contributed by atoms with E-state index >= 15 is 4.39 Å². The predicted molar refractivity (Wildman–Crippen MR) is 177 cm³/mol. The maximum atomic E-state index is 15.2. The maximum absolute atomic E-state index is 15.2. The number of nitrogens with two attached hydrogens (primary N) is 1. The lowest BCUT2D eigenvalue weighted by molar-refractivity contribution is -0.155. The van der Waals surface area contributed by atoms with Crippen LogP contribution in [0.15, 0.2) is 48.7 Å². The van der Waals surface area contributed by atoms with Crippen LogP contribution in [0.3, 0.4) is 0 Å². The number of anilines is 1. The van der Waals surface area contributed by atoms with Crippen molar-refractivity contribution < 1.29 is 41.4 Å². The molecule has 2 aliphatic rings. The quantitative estimate of drug-likeness (QED) is 0.216. The second-order valence-electron chi connectivity index (χ2n) is 13.4. The van der Waals surface area contributed by atoms with Gasteiger partial charge in [-0.3, -0.25) is 19.3 Å². The minimum atomic E-state index is -4.70. The van der Waals surface area contributed by atoms with E-state index in [1.165, 1.54) is 23.2 Å². The number of aromatic nitrogens is 1. The predicted octanol–water partition coefficient (Wildman–Crippen LogP) is 4.94. The molecule has 1 saturated heterocycles. The van der Waals surface area contributed by atoms with Crippen molar-refractivity contribution in [2.75, 3.05) is 31.1 Å². The molecule has 5 rings (SSSR count). The number of carbonyl (C=O) groups excluding carboxylic acids is 3. The molecule has 3 heterocycles. The number of fused-ring (bicyclic) bond motifs is 1. The molecule has 2 amide bonds. The first-order valence-electron chi connectivity index (χ1n) is 16.3. The average Bonchev–Trinajstić information content (AvgIpc) is 3.39. The first-order valence-corrected chi connectivity index (χ1v) is 16.3. The molecule has 51 heavy (non-hydrogen) atoms. The Balaban J connectivity index is 1.17. The Labute approximate surface area is 292 Å². The highest BCUT2D eigenvalue weighted by molar-refractivity contribution is 6.01. The van der Waals surface area contributed by atoms with Crippen LogP contribution in [0.4, 0.5) is 23.2 Å². The smallest absolute Gasteiger partial charge is 0.419 e. The number of piperazine rings is 1. The molecule has 1 aromatic heterocycles. The summed E-state index contributed by atoms with van der Waals surface area (Å²) in [5, 5.41) is 9.01. The largest absolute Gasteiger partial charge is 0.489 e. The molecule has 1 atom stereocenters. The van der Waals surface area contributed by atoms with E-state index in [0.717, 1.165) is 6.07 Å². The van der Waals surface area contributed by atoms with Crippen molar-refractivity contribution in [3.8, 4) is 11.8 Å². The summed E-state index contributed by atoms with van der Waals surface area (Å²) < 4.78 is 66.8. The van der Waals surface area contributed by atoms with Crippen LogP contribution in [0.5, 0.6) is 5.75 Å². The SMILES string of the molecule is CC(C)(C)OC(=O)CC[C@@H](C(N)=O)N1Cc2c(OCc3ccc(CN4CCN(c5cnc(C#N)c(C(F)(F)F)c5)CC4)c(F)c3)cccc2C1=O. The minimum absolute atomic E-state index is 0.00110. The fraction of sp³-hybridized carbons (Fsp3) is 0.417. The summed E-state index contributed by atoms with van der Waals surface area (Å²) in [4.78, 5) is 46.7. The summed E-state index contributed by atoms with van der Waals surface area (Å²) >= 11 is 0. The summed E-state index contributed by atoms with van der Waals surface area (Å²) in [6.45, 7) is 7.25. The Hall–Kier alpha value is -5.23. The van der Waals surface area contributed by atoms with Gasteiger partial charge in [0.05, 0.1) is 24.0 Å². The van der Waals surface area contributed by atoms with Crippen LogP contribution in [0.2, 0.25) is 0 Å². The fourth-order valence-electron chi connectivity index (χ4n) is 6.12. The Kier molecular flexibility index (Phi) is 10.8. The monoisotopic (exact) mass is 710 g/mol. The number of nitrogens with zero attached hydrogens (tertiary/aromatic N) is 5. The van der Waals surface area contributed by atoms with Gasteiger partial charge in [-0.25, -0.2) is 9.37 Å². The summed E-state index contributed by atoms with van der Waals surface area (Å²) in [7, 11) is 0. The van der Waals surface area contributed by atoms with E-state index in [2.05, 4.69) is 4.98 Å². The van der Waals surface area contributed by atoms with Gasteiger partial charge in [0.1, 0.15) is 35.9 Å². The van der Waals surface area contributed by atoms with Crippen molar-refractivity contribution in [2.45, 2.75) is 71.1 Å². The molecule has 3 aromatic rings. The maximum Gasteiger partial charge on any atom is 0.419 e. The Bertz CT molecular complexity index is 1850. The number of primary amides is 1. The molecule has 15 heteroatoms. The van der Waals surface area contributed by atoms with Crippen LogP contribution in [0, 0.1) is 17.1 Å². The average molecular weight is 711 g/mol. The van der Waals surface area contributed by atoms with E-state index in [4.69, 9.17) is 20.5 Å². The molecule has 2 aromatic carbocycles. The number of rotatable bonds is 11. The van der Waals surface area contributed by atoms with E-state index in [9.17, 15) is 27.6 Å². The second-order valence-corrected chi connectivity index (χ2v) is 13.4. The lowest BCUT2D eigenvalue weighted by Crippen LogP contribution is -2.46. The molecule has 2 aliphatic heterocycles.